The predicted molar refractivity (Wildman–Crippen MR) is 71.0 cm³/mol. The van der Waals surface area contributed by atoms with Crippen molar-refractivity contribution in [3.63, 3.8) is 0 Å². The van der Waals surface area contributed by atoms with Gasteiger partial charge in [0.1, 0.15) is 5.82 Å². The summed E-state index contributed by atoms with van der Waals surface area (Å²) in [7, 11) is 1.91. The van der Waals surface area contributed by atoms with Gasteiger partial charge in [0.05, 0.1) is 23.6 Å². The van der Waals surface area contributed by atoms with E-state index in [1.165, 1.54) is 6.07 Å². The lowest BCUT2D eigenvalue weighted by atomic mass is 10.2. The van der Waals surface area contributed by atoms with Crippen molar-refractivity contribution in [1.82, 2.24) is 9.78 Å². The Bertz CT molecular complexity index is 526. The number of anilines is 1. The second-order valence-corrected chi connectivity index (χ2v) is 4.39. The fourth-order valence-corrected chi connectivity index (χ4v) is 1.94. The SMILES string of the molecule is CCc1cc(CNc2c(C)cccc2F)n(C)n1. The smallest absolute Gasteiger partial charge is 0.146 e. The number of aryl methyl sites for hydroxylation is 3. The number of hydrogen-bond acceptors (Lipinski definition) is 2. The van der Waals surface area contributed by atoms with Crippen molar-refractivity contribution in [2.45, 2.75) is 26.8 Å². The number of para-hydroxylation sites is 1. The van der Waals surface area contributed by atoms with Gasteiger partial charge < -0.3 is 5.32 Å². The highest BCUT2D eigenvalue weighted by Gasteiger charge is 2.07. The Kier molecular flexibility index (Phi) is 3.65. The summed E-state index contributed by atoms with van der Waals surface area (Å²) in [5, 5.41) is 7.51. The van der Waals surface area contributed by atoms with Crippen molar-refractivity contribution in [3.8, 4) is 0 Å². The maximum absolute atomic E-state index is 13.6. The van der Waals surface area contributed by atoms with Crippen molar-refractivity contribution in [2.75, 3.05) is 5.32 Å². The first-order chi connectivity index (χ1) is 8.61. The molecular weight excluding hydrogens is 229 g/mol. The minimum Gasteiger partial charge on any atom is -0.377 e. The van der Waals surface area contributed by atoms with Gasteiger partial charge in [-0.05, 0) is 31.0 Å². The number of aromatic nitrogens is 2. The second kappa shape index (κ2) is 5.21. The molecule has 0 unspecified atom stereocenters. The highest BCUT2D eigenvalue weighted by Crippen LogP contribution is 2.19. The third-order valence-corrected chi connectivity index (χ3v) is 3.06. The summed E-state index contributed by atoms with van der Waals surface area (Å²) in [6, 6.07) is 7.13. The lowest BCUT2D eigenvalue weighted by Crippen LogP contribution is -2.07. The quantitative estimate of drug-likeness (QED) is 0.900. The summed E-state index contributed by atoms with van der Waals surface area (Å²) in [6.07, 6.45) is 0.909. The Balaban J connectivity index is 2.14. The lowest BCUT2D eigenvalue weighted by Gasteiger charge is -2.10. The number of rotatable bonds is 4. The molecule has 0 atom stereocenters. The van der Waals surface area contributed by atoms with Crippen LogP contribution in [0.5, 0.6) is 0 Å². The number of nitrogens with one attached hydrogen (secondary N) is 1. The molecule has 0 fully saturated rings. The minimum absolute atomic E-state index is 0.215. The van der Waals surface area contributed by atoms with Gasteiger partial charge in [0.15, 0.2) is 0 Å². The molecule has 2 rings (SSSR count). The molecule has 0 amide bonds. The van der Waals surface area contributed by atoms with Crippen LogP contribution >= 0.6 is 0 Å². The second-order valence-electron chi connectivity index (χ2n) is 4.39. The molecule has 96 valence electrons. The van der Waals surface area contributed by atoms with Crippen LogP contribution in [0, 0.1) is 12.7 Å². The molecular formula is C14H18FN3. The van der Waals surface area contributed by atoms with Gasteiger partial charge in [-0.3, -0.25) is 4.68 Å². The van der Waals surface area contributed by atoms with E-state index in [9.17, 15) is 4.39 Å². The Morgan fingerprint density at radius 1 is 1.39 bits per heavy atom. The molecule has 1 aromatic heterocycles. The first-order valence-corrected chi connectivity index (χ1v) is 6.12. The fraction of sp³-hybridized carbons (Fsp3) is 0.357. The normalized spacial score (nSPS) is 10.7. The van der Waals surface area contributed by atoms with E-state index >= 15 is 0 Å². The molecule has 18 heavy (non-hydrogen) atoms. The van der Waals surface area contributed by atoms with Crippen LogP contribution in [0.25, 0.3) is 0 Å². The largest absolute Gasteiger partial charge is 0.377 e. The van der Waals surface area contributed by atoms with Gasteiger partial charge in [0.25, 0.3) is 0 Å². The Morgan fingerprint density at radius 3 is 2.78 bits per heavy atom. The van der Waals surface area contributed by atoms with E-state index in [0.29, 0.717) is 12.2 Å². The average molecular weight is 247 g/mol. The maximum Gasteiger partial charge on any atom is 0.146 e. The van der Waals surface area contributed by atoms with E-state index in [4.69, 9.17) is 0 Å². The third kappa shape index (κ3) is 2.53. The van der Waals surface area contributed by atoms with Crippen LogP contribution in [0.3, 0.4) is 0 Å². The minimum atomic E-state index is -0.215. The Morgan fingerprint density at radius 2 is 2.17 bits per heavy atom. The topological polar surface area (TPSA) is 29.9 Å². The molecule has 0 aliphatic carbocycles. The molecule has 0 aliphatic rings. The standard InChI is InChI=1S/C14H18FN3/c1-4-11-8-12(18(3)17-11)9-16-14-10(2)6-5-7-13(14)15/h5-8,16H,4,9H2,1-3H3. The van der Waals surface area contributed by atoms with Gasteiger partial charge in [0.2, 0.25) is 0 Å². The van der Waals surface area contributed by atoms with Crippen LogP contribution in [0.15, 0.2) is 24.3 Å². The predicted octanol–water partition coefficient (Wildman–Crippen LogP) is 3.04. The third-order valence-electron chi connectivity index (χ3n) is 3.06. The molecule has 0 bridgehead atoms. The van der Waals surface area contributed by atoms with E-state index in [-0.39, 0.29) is 5.82 Å². The molecule has 1 heterocycles. The van der Waals surface area contributed by atoms with E-state index in [0.717, 1.165) is 23.4 Å². The number of halogens is 1. The molecule has 0 aliphatic heterocycles. The molecule has 1 N–H and O–H groups in total. The van der Waals surface area contributed by atoms with Crippen molar-refractivity contribution >= 4 is 5.69 Å². The summed E-state index contributed by atoms with van der Waals surface area (Å²) in [5.41, 5.74) is 3.58. The van der Waals surface area contributed by atoms with Crippen LogP contribution < -0.4 is 5.32 Å². The van der Waals surface area contributed by atoms with Gasteiger partial charge in [-0.25, -0.2) is 4.39 Å². The van der Waals surface area contributed by atoms with Crippen LogP contribution in [0.2, 0.25) is 0 Å². The molecule has 0 saturated heterocycles. The van der Waals surface area contributed by atoms with Gasteiger partial charge in [-0.2, -0.15) is 5.10 Å². The van der Waals surface area contributed by atoms with E-state index in [1.54, 1.807) is 6.07 Å². The van der Waals surface area contributed by atoms with Crippen molar-refractivity contribution in [3.05, 3.63) is 47.0 Å². The molecule has 0 radical (unpaired) electrons. The average Bonchev–Trinajstić information content (AvgIpc) is 2.70. The van der Waals surface area contributed by atoms with Gasteiger partial charge in [-0.15, -0.1) is 0 Å². The highest BCUT2D eigenvalue weighted by atomic mass is 19.1. The summed E-state index contributed by atoms with van der Waals surface area (Å²) >= 11 is 0. The van der Waals surface area contributed by atoms with Crippen molar-refractivity contribution in [2.24, 2.45) is 7.05 Å². The summed E-state index contributed by atoms with van der Waals surface area (Å²) in [4.78, 5) is 0. The van der Waals surface area contributed by atoms with Crippen LogP contribution in [0.1, 0.15) is 23.9 Å². The summed E-state index contributed by atoms with van der Waals surface area (Å²) < 4.78 is 15.5. The van der Waals surface area contributed by atoms with E-state index < -0.39 is 0 Å². The van der Waals surface area contributed by atoms with Crippen LogP contribution in [-0.4, -0.2) is 9.78 Å². The maximum atomic E-state index is 13.6. The molecule has 1 aromatic carbocycles. The van der Waals surface area contributed by atoms with Crippen molar-refractivity contribution in [1.29, 1.82) is 0 Å². The Labute approximate surface area is 107 Å². The zero-order chi connectivity index (χ0) is 13.1. The molecule has 3 nitrogen and oxygen atoms in total. The van der Waals surface area contributed by atoms with Crippen molar-refractivity contribution < 1.29 is 4.39 Å². The molecule has 0 saturated carbocycles. The zero-order valence-corrected chi connectivity index (χ0v) is 11.0. The van der Waals surface area contributed by atoms with Gasteiger partial charge >= 0.3 is 0 Å². The van der Waals surface area contributed by atoms with Gasteiger partial charge in [-0.1, -0.05) is 19.1 Å². The molecule has 2 aromatic rings. The summed E-state index contributed by atoms with van der Waals surface area (Å²) in [5.74, 6) is -0.215. The van der Waals surface area contributed by atoms with Crippen LogP contribution in [0.4, 0.5) is 10.1 Å². The van der Waals surface area contributed by atoms with E-state index in [1.807, 2.05) is 30.8 Å². The highest BCUT2D eigenvalue weighted by molar-refractivity contribution is 5.51. The van der Waals surface area contributed by atoms with Crippen LogP contribution in [-0.2, 0) is 20.0 Å². The first-order valence-electron chi connectivity index (χ1n) is 6.12. The van der Waals surface area contributed by atoms with E-state index in [2.05, 4.69) is 17.3 Å². The number of nitrogens with zero attached hydrogens (tertiary/aromatic N) is 2. The molecule has 0 spiro atoms. The summed E-state index contributed by atoms with van der Waals surface area (Å²) in [6.45, 7) is 4.54. The monoisotopic (exact) mass is 247 g/mol. The number of hydrogen-bond donors (Lipinski definition) is 1. The first kappa shape index (κ1) is 12.6. The molecule has 4 heteroatoms. The number of benzene rings is 1. The Hall–Kier alpha value is -1.84. The fourth-order valence-electron chi connectivity index (χ4n) is 1.94. The zero-order valence-electron chi connectivity index (χ0n) is 11.0. The van der Waals surface area contributed by atoms with Gasteiger partial charge in [0, 0.05) is 7.05 Å². The lowest BCUT2D eigenvalue weighted by molar-refractivity contribution is 0.627.